The molecule has 6 heteroatoms. The monoisotopic (exact) mass is 344 g/mol. The van der Waals surface area contributed by atoms with Crippen molar-refractivity contribution in [1.29, 1.82) is 0 Å². The van der Waals surface area contributed by atoms with E-state index in [0.717, 1.165) is 4.90 Å². The molecule has 0 fully saturated rings. The van der Waals surface area contributed by atoms with Crippen molar-refractivity contribution >= 4 is 29.3 Å². The zero-order valence-electron chi connectivity index (χ0n) is 13.9. The molecule has 0 unspecified atom stereocenters. The van der Waals surface area contributed by atoms with Crippen LogP contribution in [0.4, 0.5) is 5.69 Å². The SMILES string of the molecule is CNC(=O)c1ccc(OC)c(NC(=O)CSc2ccc(C)cc2)c1. The van der Waals surface area contributed by atoms with Gasteiger partial charge in [-0.1, -0.05) is 17.7 Å². The number of amides is 2. The van der Waals surface area contributed by atoms with E-state index >= 15 is 0 Å². The highest BCUT2D eigenvalue weighted by atomic mass is 32.2. The van der Waals surface area contributed by atoms with Crippen LogP contribution in [0, 0.1) is 6.92 Å². The minimum absolute atomic E-state index is 0.159. The molecule has 2 N–H and O–H groups in total. The van der Waals surface area contributed by atoms with Gasteiger partial charge in [-0.15, -0.1) is 11.8 Å². The molecule has 0 saturated heterocycles. The molecule has 0 aromatic heterocycles. The van der Waals surface area contributed by atoms with Crippen molar-refractivity contribution in [3.8, 4) is 5.75 Å². The number of hydrogen-bond acceptors (Lipinski definition) is 4. The van der Waals surface area contributed by atoms with Crippen LogP contribution in [-0.4, -0.2) is 31.7 Å². The first-order valence-corrected chi connectivity index (χ1v) is 8.41. The standard InChI is InChI=1S/C18H20N2O3S/c1-12-4-7-14(8-5-12)24-11-17(21)20-15-10-13(18(22)19-2)6-9-16(15)23-3/h4-10H,11H2,1-3H3,(H,19,22)(H,20,21). The molecular weight excluding hydrogens is 324 g/mol. The fourth-order valence-electron chi connectivity index (χ4n) is 2.06. The van der Waals surface area contributed by atoms with Gasteiger partial charge in [-0.2, -0.15) is 0 Å². The zero-order chi connectivity index (χ0) is 17.5. The lowest BCUT2D eigenvalue weighted by molar-refractivity contribution is -0.113. The van der Waals surface area contributed by atoms with E-state index in [2.05, 4.69) is 10.6 Å². The molecule has 2 rings (SSSR count). The van der Waals surface area contributed by atoms with Gasteiger partial charge in [0.25, 0.3) is 5.91 Å². The van der Waals surface area contributed by atoms with Gasteiger partial charge >= 0.3 is 0 Å². The Morgan fingerprint density at radius 3 is 2.46 bits per heavy atom. The van der Waals surface area contributed by atoms with Crippen LogP contribution >= 0.6 is 11.8 Å². The number of aryl methyl sites for hydroxylation is 1. The summed E-state index contributed by atoms with van der Waals surface area (Å²) in [6.07, 6.45) is 0. The third kappa shape index (κ3) is 4.76. The number of nitrogens with one attached hydrogen (secondary N) is 2. The Morgan fingerprint density at radius 1 is 1.12 bits per heavy atom. The van der Waals surface area contributed by atoms with Crippen LogP contribution in [0.1, 0.15) is 15.9 Å². The maximum absolute atomic E-state index is 12.2. The van der Waals surface area contributed by atoms with Gasteiger partial charge in [0.1, 0.15) is 5.75 Å². The summed E-state index contributed by atoms with van der Waals surface area (Å²) >= 11 is 1.45. The highest BCUT2D eigenvalue weighted by molar-refractivity contribution is 8.00. The molecule has 0 radical (unpaired) electrons. The van der Waals surface area contributed by atoms with Crippen LogP contribution in [0.25, 0.3) is 0 Å². The van der Waals surface area contributed by atoms with Gasteiger partial charge < -0.3 is 15.4 Å². The largest absolute Gasteiger partial charge is 0.495 e. The molecule has 0 bridgehead atoms. The number of hydrogen-bond donors (Lipinski definition) is 2. The average Bonchev–Trinajstić information content (AvgIpc) is 2.60. The maximum Gasteiger partial charge on any atom is 0.251 e. The Kier molecular flexibility index (Phi) is 6.26. The average molecular weight is 344 g/mol. The predicted molar refractivity (Wildman–Crippen MR) is 96.9 cm³/mol. The molecule has 5 nitrogen and oxygen atoms in total. The third-order valence-corrected chi connectivity index (χ3v) is 4.37. The fourth-order valence-corrected chi connectivity index (χ4v) is 2.76. The Hall–Kier alpha value is -2.47. The molecule has 126 valence electrons. The van der Waals surface area contributed by atoms with Crippen molar-refractivity contribution < 1.29 is 14.3 Å². The Bertz CT molecular complexity index is 730. The van der Waals surface area contributed by atoms with E-state index in [1.165, 1.54) is 24.4 Å². The Balaban J connectivity index is 2.04. The van der Waals surface area contributed by atoms with E-state index in [-0.39, 0.29) is 17.6 Å². The summed E-state index contributed by atoms with van der Waals surface area (Å²) in [4.78, 5) is 24.9. The van der Waals surface area contributed by atoms with Gasteiger partial charge in [0.05, 0.1) is 18.6 Å². The second-order valence-electron chi connectivity index (χ2n) is 5.14. The molecule has 0 aliphatic heterocycles. The Labute approximate surface area is 145 Å². The minimum atomic E-state index is -0.220. The van der Waals surface area contributed by atoms with Gasteiger partial charge in [-0.25, -0.2) is 0 Å². The summed E-state index contributed by atoms with van der Waals surface area (Å²) < 4.78 is 5.24. The normalized spacial score (nSPS) is 10.1. The van der Waals surface area contributed by atoms with Gasteiger partial charge in [-0.3, -0.25) is 9.59 Å². The lowest BCUT2D eigenvalue weighted by Crippen LogP contribution is -2.19. The summed E-state index contributed by atoms with van der Waals surface area (Å²) in [6, 6.07) is 12.9. The molecule has 24 heavy (non-hydrogen) atoms. The first kappa shape index (κ1) is 17.9. The molecule has 0 saturated carbocycles. The molecule has 0 aliphatic rings. The van der Waals surface area contributed by atoms with E-state index in [9.17, 15) is 9.59 Å². The number of methoxy groups -OCH3 is 1. The lowest BCUT2D eigenvalue weighted by Gasteiger charge is -2.11. The summed E-state index contributed by atoms with van der Waals surface area (Å²) in [5, 5.41) is 5.35. The van der Waals surface area contributed by atoms with Crippen molar-refractivity contribution in [1.82, 2.24) is 5.32 Å². The van der Waals surface area contributed by atoms with Crippen molar-refractivity contribution in [3.63, 3.8) is 0 Å². The topological polar surface area (TPSA) is 67.4 Å². The number of anilines is 1. The zero-order valence-corrected chi connectivity index (χ0v) is 14.7. The van der Waals surface area contributed by atoms with Gasteiger partial charge in [-0.05, 0) is 37.3 Å². The van der Waals surface area contributed by atoms with E-state index in [0.29, 0.717) is 17.0 Å². The van der Waals surface area contributed by atoms with Crippen molar-refractivity contribution in [2.75, 3.05) is 25.2 Å². The third-order valence-electron chi connectivity index (χ3n) is 3.35. The quantitative estimate of drug-likeness (QED) is 0.790. The lowest BCUT2D eigenvalue weighted by atomic mass is 10.1. The van der Waals surface area contributed by atoms with E-state index in [1.807, 2.05) is 31.2 Å². The van der Waals surface area contributed by atoms with E-state index in [1.54, 1.807) is 25.2 Å². The highest BCUT2D eigenvalue weighted by Crippen LogP contribution is 2.26. The van der Waals surface area contributed by atoms with Crippen molar-refractivity contribution in [3.05, 3.63) is 53.6 Å². The summed E-state index contributed by atoms with van der Waals surface area (Å²) in [5.74, 6) is 0.405. The van der Waals surface area contributed by atoms with Gasteiger partial charge in [0, 0.05) is 17.5 Å². The number of thioether (sulfide) groups is 1. The second kappa shape index (κ2) is 8.40. The molecule has 2 aromatic carbocycles. The molecule has 0 atom stereocenters. The van der Waals surface area contributed by atoms with Crippen LogP contribution in [-0.2, 0) is 4.79 Å². The molecule has 0 heterocycles. The number of rotatable bonds is 6. The Morgan fingerprint density at radius 2 is 1.83 bits per heavy atom. The molecule has 0 aliphatic carbocycles. The van der Waals surface area contributed by atoms with Crippen LogP contribution in [0.5, 0.6) is 5.75 Å². The first-order valence-electron chi connectivity index (χ1n) is 7.43. The summed E-state index contributed by atoms with van der Waals surface area (Å²) in [6.45, 7) is 2.02. The number of carbonyl (C=O) groups excluding carboxylic acids is 2. The smallest absolute Gasteiger partial charge is 0.251 e. The summed E-state index contributed by atoms with van der Waals surface area (Å²) in [7, 11) is 3.08. The summed E-state index contributed by atoms with van der Waals surface area (Å²) in [5.41, 5.74) is 2.12. The molecular formula is C18H20N2O3S. The number of ether oxygens (including phenoxy) is 1. The maximum atomic E-state index is 12.2. The predicted octanol–water partition coefficient (Wildman–Crippen LogP) is 3.09. The van der Waals surface area contributed by atoms with Crippen LogP contribution < -0.4 is 15.4 Å². The van der Waals surface area contributed by atoms with Gasteiger partial charge in [0.15, 0.2) is 0 Å². The van der Waals surface area contributed by atoms with Crippen LogP contribution in [0.3, 0.4) is 0 Å². The van der Waals surface area contributed by atoms with Crippen LogP contribution in [0.15, 0.2) is 47.4 Å². The van der Waals surface area contributed by atoms with Crippen molar-refractivity contribution in [2.45, 2.75) is 11.8 Å². The number of benzene rings is 2. The first-order chi connectivity index (χ1) is 11.5. The molecule has 2 aromatic rings. The molecule has 0 spiro atoms. The van der Waals surface area contributed by atoms with E-state index < -0.39 is 0 Å². The van der Waals surface area contributed by atoms with Crippen molar-refractivity contribution in [2.24, 2.45) is 0 Å². The van der Waals surface area contributed by atoms with Crippen LogP contribution in [0.2, 0.25) is 0 Å². The fraction of sp³-hybridized carbons (Fsp3) is 0.222. The minimum Gasteiger partial charge on any atom is -0.495 e. The van der Waals surface area contributed by atoms with E-state index in [4.69, 9.17) is 4.74 Å². The number of carbonyl (C=O) groups is 2. The highest BCUT2D eigenvalue weighted by Gasteiger charge is 2.12. The molecule has 2 amide bonds. The van der Waals surface area contributed by atoms with Gasteiger partial charge in [0.2, 0.25) is 5.91 Å². The second-order valence-corrected chi connectivity index (χ2v) is 6.19.